The van der Waals surface area contributed by atoms with Gasteiger partial charge in [0.15, 0.2) is 1.61 Å². The van der Waals surface area contributed by atoms with Crippen molar-refractivity contribution in [2.24, 2.45) is 0 Å². The van der Waals surface area contributed by atoms with Gasteiger partial charge in [-0.2, -0.15) is 0 Å². The minimum atomic E-state index is -0.120. The number of nitrogens with one attached hydrogen (secondary N) is 1. The molecule has 1 N–H and O–H groups in total. The van der Waals surface area contributed by atoms with E-state index in [0.29, 0.717) is 0 Å². The maximum atomic E-state index is 5.10. The highest BCUT2D eigenvalue weighted by molar-refractivity contribution is 14.2. The van der Waals surface area contributed by atoms with E-state index in [1.165, 1.54) is 0 Å². The van der Waals surface area contributed by atoms with E-state index in [9.17, 15) is 0 Å². The van der Waals surface area contributed by atoms with Gasteiger partial charge < -0.3 is 0 Å². The average Bonchev–Trinajstić information content (AvgIpc) is 1.59. The fraction of sp³-hybridized carbons (Fsp3) is 1.00. The van der Waals surface area contributed by atoms with Crippen LogP contribution in [0.3, 0.4) is 0 Å². The molecule has 0 heterocycles. The van der Waals surface area contributed by atoms with Crippen molar-refractivity contribution >= 4 is 45.2 Å². The molecule has 0 amide bonds. The minimum absolute atomic E-state index is 0.120. The summed E-state index contributed by atoms with van der Waals surface area (Å²) in [6.07, 6.45) is 0. The van der Waals surface area contributed by atoms with Gasteiger partial charge in [0.1, 0.15) is 0 Å². The number of hydrogen-bond donors (Lipinski definition) is 1. The Morgan fingerprint density at radius 1 is 1.62 bits per heavy atom. The van der Waals surface area contributed by atoms with Crippen LogP contribution in [0.25, 0.3) is 0 Å². The largest absolute Gasteiger partial charge is 0.274 e. The molecule has 0 aromatic carbocycles. The zero-order valence-electron chi connectivity index (χ0n) is 4.87. The average molecular weight is 341 g/mol. The monoisotopic (exact) mass is 341 g/mol. The number of alkyl halides is 2. The van der Waals surface area contributed by atoms with E-state index in [1.54, 1.807) is 0 Å². The molecule has 0 radical (unpaired) electrons. The molecule has 4 heteroatoms. The van der Waals surface area contributed by atoms with Crippen molar-refractivity contribution in [1.29, 1.82) is 0 Å². The van der Waals surface area contributed by atoms with E-state index in [1.807, 2.05) is 13.8 Å². The quantitative estimate of drug-likeness (QED) is 0.482. The summed E-state index contributed by atoms with van der Waals surface area (Å²) in [7, 11) is 0. The summed E-state index contributed by atoms with van der Waals surface area (Å²) < 4.78 is -0.120. The predicted molar refractivity (Wildman–Crippen MR) is 51.2 cm³/mol. The molecule has 0 aromatic rings. The molecular weight excluding hydrogens is 332 g/mol. The third kappa shape index (κ3) is 7.38. The van der Waals surface area contributed by atoms with Crippen LogP contribution in [0.4, 0.5) is 0 Å². The molecule has 0 saturated carbocycles. The van der Waals surface area contributed by atoms with Crippen molar-refractivity contribution in [1.82, 2.24) is 5.48 Å². The predicted octanol–water partition coefficient (Wildman–Crippen LogP) is 2.07. The zero-order chi connectivity index (χ0) is 6.62. The first kappa shape index (κ1) is 9.38. The van der Waals surface area contributed by atoms with Crippen molar-refractivity contribution in [3.05, 3.63) is 0 Å². The second-order valence-corrected chi connectivity index (χ2v) is 7.59. The molecule has 0 aliphatic carbocycles. The molecule has 0 atom stereocenters. The molecular formula is C4H9I2NO. The van der Waals surface area contributed by atoms with Crippen molar-refractivity contribution in [3.63, 3.8) is 0 Å². The van der Waals surface area contributed by atoms with Gasteiger partial charge in [-0.1, -0.05) is 6.92 Å². The molecule has 0 fully saturated rings. The number of rotatable bonds is 3. The summed E-state index contributed by atoms with van der Waals surface area (Å²) in [6, 6.07) is 0. The Balaban J connectivity index is 3.11. The van der Waals surface area contributed by atoms with E-state index < -0.39 is 0 Å². The van der Waals surface area contributed by atoms with Gasteiger partial charge in [-0.3, -0.25) is 4.84 Å². The van der Waals surface area contributed by atoms with Gasteiger partial charge in [0, 0.05) is 6.54 Å². The first-order valence-electron chi connectivity index (χ1n) is 2.35. The summed E-state index contributed by atoms with van der Waals surface area (Å²) in [5.41, 5.74) is 2.77. The lowest BCUT2D eigenvalue weighted by atomic mass is 10.8. The summed E-state index contributed by atoms with van der Waals surface area (Å²) in [6.45, 7) is 4.83. The Kier molecular flexibility index (Phi) is 4.97. The first-order valence-corrected chi connectivity index (χ1v) is 4.50. The minimum Gasteiger partial charge on any atom is -0.274 e. The fourth-order valence-corrected chi connectivity index (χ4v) is 0.510. The highest BCUT2D eigenvalue weighted by Gasteiger charge is 2.13. The van der Waals surface area contributed by atoms with Crippen molar-refractivity contribution < 1.29 is 4.84 Å². The Bertz CT molecular complexity index is 61.5. The summed E-state index contributed by atoms with van der Waals surface area (Å²) >= 11 is 4.40. The Morgan fingerprint density at radius 2 is 2.12 bits per heavy atom. The van der Waals surface area contributed by atoms with E-state index in [-0.39, 0.29) is 1.61 Å². The Hall–Kier alpha value is 1.38. The summed E-state index contributed by atoms with van der Waals surface area (Å²) in [5, 5.41) is 0. The van der Waals surface area contributed by atoms with Gasteiger partial charge in [-0.15, -0.1) is 0 Å². The topological polar surface area (TPSA) is 21.3 Å². The molecule has 0 bridgehead atoms. The molecule has 0 spiro atoms. The van der Waals surface area contributed by atoms with Crippen LogP contribution in [-0.4, -0.2) is 8.16 Å². The van der Waals surface area contributed by atoms with Gasteiger partial charge in [0.2, 0.25) is 0 Å². The number of hydroxylamine groups is 1. The van der Waals surface area contributed by atoms with E-state index in [0.717, 1.165) is 6.54 Å². The van der Waals surface area contributed by atoms with Crippen LogP contribution in [0.5, 0.6) is 0 Å². The van der Waals surface area contributed by atoms with Gasteiger partial charge in [-0.05, 0) is 52.1 Å². The van der Waals surface area contributed by atoms with Crippen LogP contribution in [-0.2, 0) is 4.84 Å². The molecule has 0 unspecified atom stereocenters. The highest BCUT2D eigenvalue weighted by Crippen LogP contribution is 2.26. The molecule has 50 valence electrons. The normalized spacial score (nSPS) is 12.0. The summed E-state index contributed by atoms with van der Waals surface area (Å²) in [4.78, 5) is 5.10. The standard InChI is InChI=1S/C4H9I2NO/c1-3-7-8-4(2,5)6/h7H,3H2,1-2H3. The third-order valence-electron chi connectivity index (χ3n) is 0.396. The maximum Gasteiger partial charge on any atom is 0.187 e. The molecule has 0 aromatic heterocycles. The van der Waals surface area contributed by atoms with Crippen molar-refractivity contribution in [2.75, 3.05) is 6.54 Å². The van der Waals surface area contributed by atoms with Crippen LogP contribution < -0.4 is 5.48 Å². The maximum absolute atomic E-state index is 5.10. The lowest BCUT2D eigenvalue weighted by Gasteiger charge is -2.13. The van der Waals surface area contributed by atoms with E-state index in [4.69, 9.17) is 4.84 Å². The van der Waals surface area contributed by atoms with E-state index >= 15 is 0 Å². The van der Waals surface area contributed by atoms with Crippen LogP contribution in [0.1, 0.15) is 13.8 Å². The van der Waals surface area contributed by atoms with Crippen molar-refractivity contribution in [2.45, 2.75) is 15.5 Å². The van der Waals surface area contributed by atoms with Crippen LogP contribution in [0.2, 0.25) is 0 Å². The first-order chi connectivity index (χ1) is 3.56. The SMILES string of the molecule is CCNOC(C)(I)I. The molecule has 2 nitrogen and oxygen atoms in total. The lowest BCUT2D eigenvalue weighted by Crippen LogP contribution is -2.23. The summed E-state index contributed by atoms with van der Waals surface area (Å²) in [5.74, 6) is 0. The third-order valence-corrected chi connectivity index (χ3v) is 0.836. The lowest BCUT2D eigenvalue weighted by molar-refractivity contribution is 0.0346. The van der Waals surface area contributed by atoms with Crippen molar-refractivity contribution in [3.8, 4) is 0 Å². The smallest absolute Gasteiger partial charge is 0.187 e. The second kappa shape index (κ2) is 4.24. The molecule has 8 heavy (non-hydrogen) atoms. The van der Waals surface area contributed by atoms with Gasteiger partial charge >= 0.3 is 0 Å². The molecule has 0 aliphatic heterocycles. The molecule has 0 saturated heterocycles. The van der Waals surface area contributed by atoms with Gasteiger partial charge in [-0.25, -0.2) is 5.48 Å². The van der Waals surface area contributed by atoms with Crippen LogP contribution in [0, 0.1) is 0 Å². The van der Waals surface area contributed by atoms with Crippen LogP contribution >= 0.6 is 45.2 Å². The Morgan fingerprint density at radius 3 is 2.25 bits per heavy atom. The van der Waals surface area contributed by atoms with Crippen LogP contribution in [0.15, 0.2) is 0 Å². The number of hydrogen-bond acceptors (Lipinski definition) is 2. The molecule has 0 aliphatic rings. The fourth-order valence-electron chi connectivity index (χ4n) is 0.199. The molecule has 0 rings (SSSR count). The number of halogens is 2. The zero-order valence-corrected chi connectivity index (χ0v) is 9.19. The van der Waals surface area contributed by atoms with Gasteiger partial charge in [0.05, 0.1) is 0 Å². The Labute approximate surface area is 77.0 Å². The highest BCUT2D eigenvalue weighted by atomic mass is 127. The van der Waals surface area contributed by atoms with Gasteiger partial charge in [0.25, 0.3) is 0 Å². The second-order valence-electron chi connectivity index (χ2n) is 1.41. The van der Waals surface area contributed by atoms with E-state index in [2.05, 4.69) is 50.7 Å².